The second-order valence-corrected chi connectivity index (χ2v) is 5.30. The molecule has 0 aromatic carbocycles. The molecule has 0 rings (SSSR count). The Labute approximate surface area is 202 Å². The fraction of sp³-hybridized carbons (Fsp3) is 1.00. The summed E-state index contributed by atoms with van der Waals surface area (Å²) in [6, 6.07) is 0. The maximum absolute atomic E-state index is 8.51. The van der Waals surface area contributed by atoms with Gasteiger partial charge in [0, 0.05) is 26.4 Å². The van der Waals surface area contributed by atoms with Crippen LogP contribution in [0.2, 0.25) is 0 Å². The zero-order valence-corrected chi connectivity index (χ0v) is 19.6. The molecule has 0 radical (unpaired) electrons. The molecule has 0 fully saturated rings. The van der Waals surface area contributed by atoms with Gasteiger partial charge in [0.1, 0.15) is 0 Å². The van der Waals surface area contributed by atoms with Crippen LogP contribution in [0.4, 0.5) is 0 Å². The van der Waals surface area contributed by atoms with Gasteiger partial charge < -0.3 is 47.7 Å². The van der Waals surface area contributed by atoms with Crippen molar-refractivity contribution in [3.05, 3.63) is 0 Å². The van der Waals surface area contributed by atoms with Crippen LogP contribution in [0.15, 0.2) is 0 Å². The summed E-state index contributed by atoms with van der Waals surface area (Å²) in [6.45, 7) is 3.70. The number of aliphatic hydroxyl groups is 6. The molecule has 0 aliphatic rings. The molecule has 0 heterocycles. The summed E-state index contributed by atoms with van der Waals surface area (Å²) in [6.07, 6.45) is 6.43. The minimum atomic E-state index is -0.125. The number of rotatable bonds is 18. The Kier molecular flexibility index (Phi) is 54.5. The van der Waals surface area contributed by atoms with Crippen molar-refractivity contribution >= 4 is 37.7 Å². The molecule has 0 spiro atoms. The monoisotopic (exact) mass is 444 g/mol. The molecule has 0 unspecified atom stereocenters. The Morgan fingerprint density at radius 2 is 0.607 bits per heavy atom. The van der Waals surface area contributed by atoms with Gasteiger partial charge >= 0.3 is 37.7 Å². The van der Waals surface area contributed by atoms with Crippen LogP contribution in [0.25, 0.3) is 0 Å². The normalized spacial score (nSPS) is 9.64. The van der Waals surface area contributed by atoms with Crippen molar-refractivity contribution in [1.29, 1.82) is 0 Å². The number of hydrogen-bond acceptors (Lipinski definition) is 9. The van der Waals surface area contributed by atoms with Gasteiger partial charge in [-0.3, -0.25) is 0 Å². The van der Waals surface area contributed by atoms with Crippen LogP contribution in [0, 0.1) is 0 Å². The first-order valence-electron chi connectivity index (χ1n) is 9.63. The summed E-state index contributed by atoms with van der Waals surface area (Å²) < 4.78 is 15.9. The molecule has 6 N–H and O–H groups in total. The molecule has 0 aromatic rings. The predicted octanol–water partition coefficient (Wildman–Crippen LogP) is -0.852. The van der Waals surface area contributed by atoms with E-state index in [9.17, 15) is 0 Å². The second kappa shape index (κ2) is 42.1. The van der Waals surface area contributed by atoms with Crippen molar-refractivity contribution in [3.63, 3.8) is 0 Å². The quantitative estimate of drug-likeness (QED) is 0.117. The van der Waals surface area contributed by atoms with E-state index in [0.29, 0.717) is 13.2 Å². The number of ether oxygens (including phenoxy) is 3. The molecule has 0 aliphatic carbocycles. The Morgan fingerprint density at radius 1 is 0.357 bits per heavy atom. The zero-order valence-electron chi connectivity index (χ0n) is 19.3. The molecule has 0 atom stereocenters. The molecule has 0 aliphatic heterocycles. The van der Waals surface area contributed by atoms with Gasteiger partial charge in [-0.25, -0.2) is 0 Å². The van der Waals surface area contributed by atoms with Crippen molar-refractivity contribution in [2.75, 3.05) is 79.3 Å². The van der Waals surface area contributed by atoms with E-state index in [1.54, 1.807) is 0 Å². The molecule has 0 saturated heterocycles. The summed E-state index contributed by atoms with van der Waals surface area (Å²) in [5, 5.41) is 47.5. The molecular formula is C18H44CaO9. The van der Waals surface area contributed by atoms with E-state index in [1.165, 1.54) is 0 Å². The van der Waals surface area contributed by atoms with Gasteiger partial charge in [0.2, 0.25) is 0 Å². The standard InChI is InChI=1S/C14H30O5.2C2H6O2.Ca.2H/c15-7-13-18-11-5-1-3-9-17-10-4-2-6-12-19-14-8-16;2*3-1-2-4;;;/h15-16H,1-14H2;2*3-4H,1-2H2;;;/q;;;+2;2*-1. The van der Waals surface area contributed by atoms with Crippen molar-refractivity contribution in [3.8, 4) is 0 Å². The maximum atomic E-state index is 8.51. The predicted molar refractivity (Wildman–Crippen MR) is 111 cm³/mol. The van der Waals surface area contributed by atoms with E-state index >= 15 is 0 Å². The topological polar surface area (TPSA) is 149 Å². The van der Waals surface area contributed by atoms with Crippen LogP contribution >= 0.6 is 0 Å². The third kappa shape index (κ3) is 50.5. The van der Waals surface area contributed by atoms with Gasteiger partial charge in [0.25, 0.3) is 0 Å². The zero-order chi connectivity index (χ0) is 20.8. The molecule has 9 nitrogen and oxygen atoms in total. The smallest absolute Gasteiger partial charge is 1.00 e. The molecule has 0 saturated carbocycles. The van der Waals surface area contributed by atoms with Crippen LogP contribution in [0.5, 0.6) is 0 Å². The van der Waals surface area contributed by atoms with Crippen molar-refractivity contribution in [2.24, 2.45) is 0 Å². The Morgan fingerprint density at radius 3 is 0.821 bits per heavy atom. The summed E-state index contributed by atoms with van der Waals surface area (Å²) in [7, 11) is 0. The van der Waals surface area contributed by atoms with Crippen molar-refractivity contribution in [1.82, 2.24) is 0 Å². The molecule has 0 bridgehead atoms. The fourth-order valence-electron chi connectivity index (χ4n) is 1.61. The Bertz CT molecular complexity index is 202. The average molecular weight is 445 g/mol. The summed E-state index contributed by atoms with van der Waals surface area (Å²) in [5.41, 5.74) is 0. The van der Waals surface area contributed by atoms with E-state index in [2.05, 4.69) is 0 Å². The first kappa shape index (κ1) is 36.3. The van der Waals surface area contributed by atoms with E-state index < -0.39 is 0 Å². The van der Waals surface area contributed by atoms with Gasteiger partial charge in [-0.1, -0.05) is 0 Å². The van der Waals surface area contributed by atoms with E-state index in [4.69, 9.17) is 44.8 Å². The molecule has 28 heavy (non-hydrogen) atoms. The van der Waals surface area contributed by atoms with Crippen LogP contribution < -0.4 is 0 Å². The molecule has 0 aromatic heterocycles. The van der Waals surface area contributed by atoms with E-state index in [0.717, 1.165) is 65.0 Å². The first-order valence-corrected chi connectivity index (χ1v) is 9.63. The summed E-state index contributed by atoms with van der Waals surface area (Å²) in [4.78, 5) is 0. The van der Waals surface area contributed by atoms with Crippen LogP contribution in [-0.4, -0.2) is 148 Å². The molecule has 172 valence electrons. The van der Waals surface area contributed by atoms with Crippen LogP contribution in [0.1, 0.15) is 41.4 Å². The Hall–Kier alpha value is 0.900. The van der Waals surface area contributed by atoms with Crippen molar-refractivity contribution < 1.29 is 47.7 Å². The largest absolute Gasteiger partial charge is 2.00 e. The Balaban J connectivity index is -0.000000112. The summed E-state index contributed by atoms with van der Waals surface area (Å²) >= 11 is 0. The SMILES string of the molecule is OCCO.OCCO.OCCOCCCCCOCCCCCOCCO.[Ca+2].[H-].[H-]. The van der Waals surface area contributed by atoms with Crippen molar-refractivity contribution in [2.45, 2.75) is 38.5 Å². The fourth-order valence-corrected chi connectivity index (χ4v) is 1.61. The molecule has 0 amide bonds. The minimum absolute atomic E-state index is 0. The summed E-state index contributed by atoms with van der Waals surface area (Å²) in [5.74, 6) is 0. The van der Waals surface area contributed by atoms with Gasteiger partial charge in [-0.05, 0) is 38.5 Å². The van der Waals surface area contributed by atoms with Gasteiger partial charge in [0.05, 0.1) is 52.9 Å². The first-order chi connectivity index (χ1) is 13.2. The molecular weight excluding hydrogens is 400 g/mol. The van der Waals surface area contributed by atoms with Gasteiger partial charge in [-0.2, -0.15) is 0 Å². The number of aliphatic hydroxyl groups excluding tert-OH is 6. The van der Waals surface area contributed by atoms with E-state index in [-0.39, 0.29) is 80.2 Å². The van der Waals surface area contributed by atoms with Gasteiger partial charge in [0.15, 0.2) is 0 Å². The van der Waals surface area contributed by atoms with Gasteiger partial charge in [-0.15, -0.1) is 0 Å². The third-order valence-corrected chi connectivity index (χ3v) is 2.83. The second-order valence-electron chi connectivity index (χ2n) is 5.30. The van der Waals surface area contributed by atoms with Crippen LogP contribution in [-0.2, 0) is 14.2 Å². The number of hydrogen-bond donors (Lipinski definition) is 6. The molecule has 10 heteroatoms. The minimum Gasteiger partial charge on any atom is -1.00 e. The number of unbranched alkanes of at least 4 members (excludes halogenated alkanes) is 4. The van der Waals surface area contributed by atoms with E-state index in [1.807, 2.05) is 0 Å². The van der Waals surface area contributed by atoms with Crippen LogP contribution in [0.3, 0.4) is 0 Å². The third-order valence-electron chi connectivity index (χ3n) is 2.83. The average Bonchev–Trinajstić information content (AvgIpc) is 2.71. The maximum Gasteiger partial charge on any atom is 2.00 e.